The molecule has 1 aliphatic rings. The largest absolute Gasteiger partial charge is 0.322 e. The maximum absolute atomic E-state index is 13.3. The summed E-state index contributed by atoms with van der Waals surface area (Å²) in [5, 5.41) is 18.4. The normalized spacial score (nSPS) is 13.6. The van der Waals surface area contributed by atoms with Crippen LogP contribution in [0.25, 0.3) is 27.6 Å². The van der Waals surface area contributed by atoms with Gasteiger partial charge in [0.15, 0.2) is 11.5 Å². The van der Waals surface area contributed by atoms with Crippen LogP contribution in [0.5, 0.6) is 0 Å². The molecule has 0 unspecified atom stereocenters. The fraction of sp³-hybridized carbons (Fsp3) is 0.240. The molecule has 1 amide bonds. The summed E-state index contributed by atoms with van der Waals surface area (Å²) in [4.78, 5) is 18.8. The third kappa shape index (κ3) is 3.58. The second kappa shape index (κ2) is 8.49. The number of thiophene rings is 1. The predicted molar refractivity (Wildman–Crippen MR) is 132 cm³/mol. The Kier molecular flexibility index (Phi) is 5.18. The predicted octanol–water partition coefficient (Wildman–Crippen LogP) is 5.00. The van der Waals surface area contributed by atoms with E-state index in [0.29, 0.717) is 11.2 Å². The van der Waals surface area contributed by atoms with Gasteiger partial charge in [0.1, 0.15) is 11.4 Å². The van der Waals surface area contributed by atoms with Crippen molar-refractivity contribution >= 4 is 28.6 Å². The SMILES string of the molecule is Cc1ccc(-c2nnc3n2CCCCC3)cc1NC(=O)c1cnn2c(-c3cccs3)ccnc12. The summed E-state index contributed by atoms with van der Waals surface area (Å²) >= 11 is 1.62. The molecule has 0 saturated heterocycles. The van der Waals surface area contributed by atoms with Crippen LogP contribution in [0.2, 0.25) is 0 Å². The summed E-state index contributed by atoms with van der Waals surface area (Å²) in [6.07, 6.45) is 7.73. The van der Waals surface area contributed by atoms with Gasteiger partial charge in [0.05, 0.1) is 16.8 Å². The molecule has 0 saturated carbocycles. The maximum atomic E-state index is 13.3. The molecule has 9 heteroatoms. The Balaban J connectivity index is 1.33. The molecule has 0 bridgehead atoms. The number of aromatic nitrogens is 6. The second-order valence-corrected chi connectivity index (χ2v) is 9.43. The van der Waals surface area contributed by atoms with Crippen LogP contribution >= 0.6 is 11.3 Å². The summed E-state index contributed by atoms with van der Waals surface area (Å²) in [6, 6.07) is 12.0. The number of anilines is 1. The molecule has 0 fully saturated rings. The quantitative estimate of drug-likeness (QED) is 0.400. The zero-order valence-electron chi connectivity index (χ0n) is 18.7. The molecule has 170 valence electrons. The van der Waals surface area contributed by atoms with Crippen molar-refractivity contribution in [1.82, 2.24) is 29.4 Å². The number of fused-ring (bicyclic) bond motifs is 2. The first kappa shape index (κ1) is 20.7. The van der Waals surface area contributed by atoms with Crippen molar-refractivity contribution in [1.29, 1.82) is 0 Å². The van der Waals surface area contributed by atoms with Crippen molar-refractivity contribution in [3.8, 4) is 22.0 Å². The number of nitrogens with one attached hydrogen (secondary N) is 1. The van der Waals surface area contributed by atoms with Gasteiger partial charge in [-0.1, -0.05) is 24.6 Å². The van der Waals surface area contributed by atoms with Gasteiger partial charge in [0.25, 0.3) is 5.91 Å². The van der Waals surface area contributed by atoms with E-state index in [9.17, 15) is 4.79 Å². The summed E-state index contributed by atoms with van der Waals surface area (Å²) in [7, 11) is 0. The zero-order valence-corrected chi connectivity index (χ0v) is 19.5. The highest BCUT2D eigenvalue weighted by atomic mass is 32.1. The molecular formula is C25H23N7OS. The molecule has 4 aromatic heterocycles. The molecule has 8 nitrogen and oxygen atoms in total. The van der Waals surface area contributed by atoms with Crippen LogP contribution in [0.3, 0.4) is 0 Å². The Morgan fingerprint density at radius 1 is 1.12 bits per heavy atom. The number of benzene rings is 1. The van der Waals surface area contributed by atoms with Crippen LogP contribution < -0.4 is 5.32 Å². The van der Waals surface area contributed by atoms with Crippen molar-refractivity contribution in [3.63, 3.8) is 0 Å². The third-order valence-electron chi connectivity index (χ3n) is 6.27. The Morgan fingerprint density at radius 3 is 2.94 bits per heavy atom. The van der Waals surface area contributed by atoms with Crippen LogP contribution in [0.4, 0.5) is 5.69 Å². The Bertz CT molecular complexity index is 1500. The van der Waals surface area contributed by atoms with E-state index in [0.717, 1.165) is 64.8 Å². The minimum Gasteiger partial charge on any atom is -0.322 e. The van der Waals surface area contributed by atoms with Crippen molar-refractivity contribution in [2.24, 2.45) is 0 Å². The average molecular weight is 470 g/mol. The third-order valence-corrected chi connectivity index (χ3v) is 7.17. The smallest absolute Gasteiger partial charge is 0.261 e. The lowest BCUT2D eigenvalue weighted by atomic mass is 10.1. The van der Waals surface area contributed by atoms with Gasteiger partial charge in [0.2, 0.25) is 0 Å². The fourth-order valence-electron chi connectivity index (χ4n) is 4.45. The molecule has 6 rings (SSSR count). The number of aryl methyl sites for hydroxylation is 2. The van der Waals surface area contributed by atoms with E-state index in [-0.39, 0.29) is 5.91 Å². The molecule has 5 heterocycles. The summed E-state index contributed by atoms with van der Waals surface area (Å²) < 4.78 is 3.93. The number of hydrogen-bond acceptors (Lipinski definition) is 6. The van der Waals surface area contributed by atoms with Crippen LogP contribution in [-0.4, -0.2) is 35.3 Å². The minimum atomic E-state index is -0.244. The van der Waals surface area contributed by atoms with Gasteiger partial charge in [0, 0.05) is 30.4 Å². The second-order valence-electron chi connectivity index (χ2n) is 8.49. The number of carbonyl (C=O) groups is 1. The number of nitrogens with zero attached hydrogens (tertiary/aromatic N) is 6. The molecule has 5 aromatic rings. The molecule has 0 atom stereocenters. The summed E-state index contributed by atoms with van der Waals surface area (Å²) in [6.45, 7) is 2.90. The van der Waals surface area contributed by atoms with Gasteiger partial charge in [-0.25, -0.2) is 9.50 Å². The van der Waals surface area contributed by atoms with Gasteiger partial charge in [-0.15, -0.1) is 21.5 Å². The monoisotopic (exact) mass is 469 g/mol. The number of amides is 1. The summed E-state index contributed by atoms with van der Waals surface area (Å²) in [5.41, 5.74) is 4.52. The molecule has 0 spiro atoms. The van der Waals surface area contributed by atoms with Gasteiger partial charge < -0.3 is 9.88 Å². The highest BCUT2D eigenvalue weighted by molar-refractivity contribution is 7.13. The molecule has 0 aliphatic carbocycles. The standard InChI is InChI=1S/C25H23N7OS/c1-16-8-9-17(23-30-29-22-7-3-2-4-12-31(22)23)14-19(16)28-25(33)18-15-27-32-20(10-11-26-24(18)32)21-6-5-13-34-21/h5-6,8-11,13-15H,2-4,7,12H2,1H3,(H,28,33). The Morgan fingerprint density at radius 2 is 2.06 bits per heavy atom. The maximum Gasteiger partial charge on any atom is 0.261 e. The van der Waals surface area contributed by atoms with Crippen LogP contribution in [-0.2, 0) is 13.0 Å². The van der Waals surface area contributed by atoms with E-state index in [2.05, 4.69) is 30.2 Å². The molecular weight excluding hydrogens is 446 g/mol. The zero-order chi connectivity index (χ0) is 23.1. The highest BCUT2D eigenvalue weighted by Gasteiger charge is 2.20. The van der Waals surface area contributed by atoms with Crippen LogP contribution in [0.15, 0.2) is 54.2 Å². The highest BCUT2D eigenvalue weighted by Crippen LogP contribution is 2.28. The Hall–Kier alpha value is -3.85. The Labute approximate surface area is 200 Å². The minimum absolute atomic E-state index is 0.244. The molecule has 34 heavy (non-hydrogen) atoms. The number of hydrogen-bond donors (Lipinski definition) is 1. The molecule has 1 aromatic carbocycles. The average Bonchev–Trinajstić information content (AvgIpc) is 3.58. The lowest BCUT2D eigenvalue weighted by Crippen LogP contribution is -2.13. The first-order valence-corrected chi connectivity index (χ1v) is 12.3. The van der Waals surface area contributed by atoms with Crippen molar-refractivity contribution in [2.75, 3.05) is 5.32 Å². The van der Waals surface area contributed by atoms with E-state index in [1.54, 1.807) is 28.2 Å². The first-order valence-electron chi connectivity index (χ1n) is 11.4. The van der Waals surface area contributed by atoms with E-state index in [1.807, 2.05) is 48.7 Å². The molecule has 1 N–H and O–H groups in total. The fourth-order valence-corrected chi connectivity index (χ4v) is 5.18. The topological polar surface area (TPSA) is 90.0 Å². The summed E-state index contributed by atoms with van der Waals surface area (Å²) in [5.74, 6) is 1.65. The number of rotatable bonds is 4. The van der Waals surface area contributed by atoms with Crippen molar-refractivity contribution in [3.05, 3.63) is 71.1 Å². The van der Waals surface area contributed by atoms with E-state index in [4.69, 9.17) is 0 Å². The molecule has 1 aliphatic heterocycles. The van der Waals surface area contributed by atoms with Crippen molar-refractivity contribution in [2.45, 2.75) is 39.2 Å². The van der Waals surface area contributed by atoms with E-state index < -0.39 is 0 Å². The lowest BCUT2D eigenvalue weighted by molar-refractivity contribution is 0.102. The number of carbonyl (C=O) groups excluding carboxylic acids is 1. The first-order chi connectivity index (χ1) is 16.7. The van der Waals surface area contributed by atoms with E-state index in [1.165, 1.54) is 6.42 Å². The molecule has 0 radical (unpaired) electrons. The lowest BCUT2D eigenvalue weighted by Gasteiger charge is -2.11. The van der Waals surface area contributed by atoms with E-state index >= 15 is 0 Å². The van der Waals surface area contributed by atoms with Crippen molar-refractivity contribution < 1.29 is 4.79 Å². The van der Waals surface area contributed by atoms with Crippen LogP contribution in [0.1, 0.15) is 41.0 Å². The van der Waals surface area contributed by atoms with Gasteiger partial charge in [-0.3, -0.25) is 4.79 Å². The van der Waals surface area contributed by atoms with Gasteiger partial charge in [-0.05, 0) is 48.9 Å². The van der Waals surface area contributed by atoms with Gasteiger partial charge in [-0.2, -0.15) is 5.10 Å². The van der Waals surface area contributed by atoms with Gasteiger partial charge >= 0.3 is 0 Å². The van der Waals surface area contributed by atoms with Crippen LogP contribution in [0, 0.1) is 6.92 Å².